The van der Waals surface area contributed by atoms with Gasteiger partial charge in [0.1, 0.15) is 8.07 Å². The van der Waals surface area contributed by atoms with Crippen molar-refractivity contribution in [2.75, 3.05) is 52.9 Å². The molecule has 4 nitrogen and oxygen atoms in total. The lowest BCUT2D eigenvalue weighted by Crippen LogP contribution is -2.35. The molecule has 0 aromatic heterocycles. The van der Waals surface area contributed by atoms with Crippen LogP contribution < -0.4 is 0 Å². The van der Waals surface area contributed by atoms with Crippen molar-refractivity contribution >= 4 is 8.07 Å². The molecular weight excluding hydrogens is 332 g/mol. The molecule has 0 unspecified atom stereocenters. The van der Waals surface area contributed by atoms with Crippen molar-refractivity contribution in [1.29, 1.82) is 0 Å². The minimum Gasteiger partial charge on any atom is -0.378 e. The van der Waals surface area contributed by atoms with E-state index in [1.54, 1.807) is 0 Å². The highest BCUT2D eigenvalue weighted by Gasteiger charge is 2.33. The molecule has 0 fully saturated rings. The smallest absolute Gasteiger partial charge is 0.137 e. The molecule has 0 saturated carbocycles. The van der Waals surface area contributed by atoms with E-state index in [2.05, 4.69) is 51.2 Å². The third kappa shape index (κ3) is 14.1. The number of terminal acetylenes is 1. The molecule has 0 aliphatic rings. The highest BCUT2D eigenvalue weighted by molar-refractivity contribution is 6.87. The molecule has 25 heavy (non-hydrogen) atoms. The maximum Gasteiger partial charge on any atom is 0.137 e. The second-order valence-corrected chi connectivity index (χ2v) is 12.3. The molecule has 0 aromatic carbocycles. The first-order valence-corrected chi connectivity index (χ1v) is 12.1. The third-order valence-electron chi connectivity index (χ3n) is 4.15. The van der Waals surface area contributed by atoms with Gasteiger partial charge in [-0.25, -0.2) is 0 Å². The Hall–Kier alpha value is -0.823. The Balaban J connectivity index is 3.37. The average molecular weight is 369 g/mol. The molecule has 0 bridgehead atoms. The van der Waals surface area contributed by atoms with Gasteiger partial charge in [0.05, 0.1) is 52.9 Å². The average Bonchev–Trinajstić information content (AvgIpc) is 2.53. The second-order valence-electron chi connectivity index (χ2n) is 7.33. The lowest BCUT2D eigenvalue weighted by molar-refractivity contribution is -0.000620. The van der Waals surface area contributed by atoms with Gasteiger partial charge in [-0.2, -0.15) is 0 Å². The molecule has 0 aromatic rings. The largest absolute Gasteiger partial charge is 0.378 e. The number of rotatable bonds is 13. The zero-order valence-electron chi connectivity index (χ0n) is 16.8. The topological polar surface area (TPSA) is 36.9 Å². The van der Waals surface area contributed by atoms with Gasteiger partial charge in [0, 0.05) is 12.8 Å². The van der Waals surface area contributed by atoms with Crippen molar-refractivity contribution in [2.24, 2.45) is 0 Å². The number of hydrogen-bond acceptors (Lipinski definition) is 4. The van der Waals surface area contributed by atoms with E-state index in [0.29, 0.717) is 64.3 Å². The summed E-state index contributed by atoms with van der Waals surface area (Å²) in [5.41, 5.74) is 3.49. The van der Waals surface area contributed by atoms with Gasteiger partial charge >= 0.3 is 0 Å². The molecule has 0 saturated heterocycles. The van der Waals surface area contributed by atoms with Crippen LogP contribution in [-0.2, 0) is 18.9 Å². The second kappa shape index (κ2) is 14.4. The highest BCUT2D eigenvalue weighted by Crippen LogP contribution is 2.35. The lowest BCUT2D eigenvalue weighted by atomic mass is 10.2. The van der Waals surface area contributed by atoms with E-state index in [1.165, 1.54) is 0 Å². The maximum absolute atomic E-state index is 5.53. The van der Waals surface area contributed by atoms with Gasteiger partial charge in [-0.05, 0) is 5.04 Å². The number of hydrogen-bond donors (Lipinski definition) is 0. The van der Waals surface area contributed by atoms with Crippen molar-refractivity contribution in [1.82, 2.24) is 0 Å². The van der Waals surface area contributed by atoms with Gasteiger partial charge in [-0.1, -0.05) is 33.9 Å². The molecule has 0 N–H and O–H groups in total. The van der Waals surface area contributed by atoms with E-state index in [-0.39, 0.29) is 0 Å². The van der Waals surface area contributed by atoms with Crippen LogP contribution in [0.5, 0.6) is 0 Å². The molecule has 0 aliphatic carbocycles. The fourth-order valence-electron chi connectivity index (χ4n) is 1.49. The quantitative estimate of drug-likeness (QED) is 0.283. The van der Waals surface area contributed by atoms with Crippen LogP contribution >= 0.6 is 0 Å². The minimum absolute atomic E-state index is 0.310. The van der Waals surface area contributed by atoms with Crippen LogP contribution in [0.15, 0.2) is 0 Å². The summed E-state index contributed by atoms with van der Waals surface area (Å²) in [6.07, 6.45) is 6.55. The standard InChI is InChI=1S/C20H36O4Si/c1-7-8-11-21-13-15-23-17-18-24-16-14-22-12-9-10-19-25(5,6)20(2,3)4/h1H,8-9,11-18H2,2-6H3. The van der Waals surface area contributed by atoms with Crippen molar-refractivity contribution in [3.8, 4) is 23.8 Å². The summed E-state index contributed by atoms with van der Waals surface area (Å²) >= 11 is 0. The van der Waals surface area contributed by atoms with Crippen LogP contribution in [0.4, 0.5) is 0 Å². The normalized spacial score (nSPS) is 11.7. The predicted octanol–water partition coefficient (Wildman–Crippen LogP) is 3.52. The summed E-state index contributed by atoms with van der Waals surface area (Å²) in [5, 5.41) is 0.310. The molecule has 0 rings (SSSR count). The predicted molar refractivity (Wildman–Crippen MR) is 106 cm³/mol. The van der Waals surface area contributed by atoms with Gasteiger partial charge in [-0.3, -0.25) is 0 Å². The van der Waals surface area contributed by atoms with Crippen molar-refractivity contribution in [2.45, 2.75) is 51.7 Å². The van der Waals surface area contributed by atoms with Crippen molar-refractivity contribution < 1.29 is 18.9 Å². The van der Waals surface area contributed by atoms with E-state index in [0.717, 1.165) is 6.42 Å². The Bertz CT molecular complexity index is 424. The van der Waals surface area contributed by atoms with Crippen molar-refractivity contribution in [3.05, 3.63) is 0 Å². The van der Waals surface area contributed by atoms with Gasteiger partial charge in [0.2, 0.25) is 0 Å². The Morgan fingerprint density at radius 1 is 0.720 bits per heavy atom. The number of ether oxygens (including phenoxy) is 4. The summed E-state index contributed by atoms with van der Waals surface area (Å²) in [4.78, 5) is 0. The van der Waals surface area contributed by atoms with E-state index >= 15 is 0 Å². The minimum atomic E-state index is -1.48. The van der Waals surface area contributed by atoms with Crippen LogP contribution in [0, 0.1) is 23.8 Å². The monoisotopic (exact) mass is 368 g/mol. The fraction of sp³-hybridized carbons (Fsp3) is 0.800. The zero-order chi connectivity index (χ0) is 19.0. The van der Waals surface area contributed by atoms with E-state index in [1.807, 2.05) is 0 Å². The van der Waals surface area contributed by atoms with Crippen LogP contribution in [0.2, 0.25) is 18.1 Å². The van der Waals surface area contributed by atoms with Gasteiger partial charge in [-0.15, -0.1) is 23.8 Å². The zero-order valence-corrected chi connectivity index (χ0v) is 17.8. The van der Waals surface area contributed by atoms with Gasteiger partial charge in [0.15, 0.2) is 0 Å². The molecule has 0 spiro atoms. The lowest BCUT2D eigenvalue weighted by Gasteiger charge is -2.31. The SMILES string of the molecule is C#CCCOCCOCCOCCOCCC#C[Si](C)(C)C(C)(C)C. The van der Waals surface area contributed by atoms with Crippen LogP contribution in [0.3, 0.4) is 0 Å². The fourth-order valence-corrected chi connectivity index (χ4v) is 2.43. The Morgan fingerprint density at radius 3 is 1.52 bits per heavy atom. The summed E-state index contributed by atoms with van der Waals surface area (Å²) in [5.74, 6) is 5.80. The first-order valence-electron chi connectivity index (χ1n) is 9.06. The van der Waals surface area contributed by atoms with Gasteiger partial charge < -0.3 is 18.9 Å². The molecular formula is C20H36O4Si. The summed E-state index contributed by atoms with van der Waals surface area (Å²) in [6.45, 7) is 16.2. The molecule has 0 amide bonds. The molecule has 0 heterocycles. The van der Waals surface area contributed by atoms with E-state index < -0.39 is 8.07 Å². The van der Waals surface area contributed by atoms with Crippen molar-refractivity contribution in [3.63, 3.8) is 0 Å². The first-order chi connectivity index (χ1) is 11.8. The molecule has 5 heteroatoms. The van der Waals surface area contributed by atoms with E-state index in [4.69, 9.17) is 25.4 Å². The first kappa shape index (κ1) is 24.2. The molecule has 0 radical (unpaired) electrons. The van der Waals surface area contributed by atoms with E-state index in [9.17, 15) is 0 Å². The van der Waals surface area contributed by atoms with Gasteiger partial charge in [0.25, 0.3) is 0 Å². The van der Waals surface area contributed by atoms with Crippen LogP contribution in [-0.4, -0.2) is 60.9 Å². The Labute approximate surface area is 156 Å². The summed E-state index contributed by atoms with van der Waals surface area (Å²) in [7, 11) is -1.48. The molecule has 0 aliphatic heterocycles. The maximum atomic E-state index is 5.53. The highest BCUT2D eigenvalue weighted by atomic mass is 28.3. The summed E-state index contributed by atoms with van der Waals surface area (Å²) < 4.78 is 21.6. The molecule has 144 valence electrons. The molecule has 0 atom stereocenters. The summed E-state index contributed by atoms with van der Waals surface area (Å²) in [6, 6.07) is 0. The van der Waals surface area contributed by atoms with Crippen LogP contribution in [0.25, 0.3) is 0 Å². The Morgan fingerprint density at radius 2 is 1.12 bits per heavy atom. The Kier molecular flexibility index (Phi) is 13.9. The van der Waals surface area contributed by atoms with Crippen LogP contribution in [0.1, 0.15) is 33.6 Å². The third-order valence-corrected chi connectivity index (χ3v) is 8.71.